The fourth-order valence-corrected chi connectivity index (χ4v) is 4.04. The maximum absolute atomic E-state index is 13.4. The van der Waals surface area contributed by atoms with Crippen LogP contribution in [-0.4, -0.2) is 23.3 Å². The lowest BCUT2D eigenvalue weighted by Crippen LogP contribution is -2.36. The van der Waals surface area contributed by atoms with E-state index in [1.807, 2.05) is 32.0 Å². The Hall–Kier alpha value is -3.68. The van der Waals surface area contributed by atoms with Gasteiger partial charge in [-0.05, 0) is 48.2 Å². The lowest BCUT2D eigenvalue weighted by atomic mass is 9.93. The molecule has 0 spiro atoms. The number of rotatable bonds is 4. The van der Waals surface area contributed by atoms with Gasteiger partial charge < -0.3 is 10.2 Å². The molecule has 1 N–H and O–H groups in total. The van der Waals surface area contributed by atoms with Crippen molar-refractivity contribution in [1.82, 2.24) is 4.98 Å². The number of fused-ring (bicyclic) bond motifs is 2. The predicted octanol–water partition coefficient (Wildman–Crippen LogP) is 6.06. The zero-order valence-corrected chi connectivity index (χ0v) is 18.8. The van der Waals surface area contributed by atoms with Crippen LogP contribution in [0.3, 0.4) is 0 Å². The van der Waals surface area contributed by atoms with E-state index in [0.29, 0.717) is 23.2 Å². The highest BCUT2D eigenvalue weighted by molar-refractivity contribution is 6.07. The number of nitrogens with zero attached hydrogens (tertiary/aromatic N) is 2. The SMILES string of the molecule is CC(C)CC(=O)N1CCC(=CC(=O)Nc2ccc3cccnc3c2)c2ccc(C(F)(F)F)cc21. The first-order valence-electron chi connectivity index (χ1n) is 11.0. The van der Waals surface area contributed by atoms with Gasteiger partial charge in [-0.1, -0.05) is 32.0 Å². The van der Waals surface area contributed by atoms with Gasteiger partial charge in [-0.3, -0.25) is 14.6 Å². The summed E-state index contributed by atoms with van der Waals surface area (Å²) in [5.41, 5.74) is 1.67. The minimum atomic E-state index is -4.54. The average Bonchev–Trinajstić information content (AvgIpc) is 2.77. The maximum atomic E-state index is 13.4. The smallest absolute Gasteiger partial charge is 0.322 e. The van der Waals surface area contributed by atoms with Crippen LogP contribution in [0.2, 0.25) is 0 Å². The molecule has 4 rings (SSSR count). The molecule has 1 aliphatic rings. The topological polar surface area (TPSA) is 62.3 Å². The van der Waals surface area contributed by atoms with Crippen LogP contribution in [-0.2, 0) is 15.8 Å². The molecule has 0 saturated carbocycles. The fourth-order valence-electron chi connectivity index (χ4n) is 4.04. The molecule has 2 amide bonds. The number of anilines is 2. The van der Waals surface area contributed by atoms with E-state index in [0.717, 1.165) is 23.0 Å². The van der Waals surface area contributed by atoms with Crippen LogP contribution >= 0.6 is 0 Å². The molecule has 8 heteroatoms. The van der Waals surface area contributed by atoms with Gasteiger partial charge in [0.15, 0.2) is 0 Å². The Morgan fingerprint density at radius 1 is 1.15 bits per heavy atom. The Morgan fingerprint density at radius 3 is 2.68 bits per heavy atom. The van der Waals surface area contributed by atoms with Gasteiger partial charge in [-0.15, -0.1) is 0 Å². The van der Waals surface area contributed by atoms with Crippen molar-refractivity contribution >= 4 is 39.7 Å². The van der Waals surface area contributed by atoms with Gasteiger partial charge >= 0.3 is 6.18 Å². The third-order valence-corrected chi connectivity index (χ3v) is 5.63. The molecular weight excluding hydrogens is 443 g/mol. The molecule has 2 heterocycles. The third kappa shape index (κ3) is 5.11. The molecule has 0 radical (unpaired) electrons. The van der Waals surface area contributed by atoms with Crippen LogP contribution in [0.25, 0.3) is 16.5 Å². The number of carbonyl (C=O) groups excluding carboxylic acids is 2. The second-order valence-electron chi connectivity index (χ2n) is 8.69. The molecule has 176 valence electrons. The highest BCUT2D eigenvalue weighted by atomic mass is 19.4. The first kappa shape index (κ1) is 23.5. The summed E-state index contributed by atoms with van der Waals surface area (Å²) in [4.78, 5) is 31.2. The highest BCUT2D eigenvalue weighted by Crippen LogP contribution is 2.40. The van der Waals surface area contributed by atoms with Crippen LogP contribution in [0, 0.1) is 5.92 Å². The standard InChI is InChI=1S/C26H24F3N3O2/c1-16(2)12-25(34)32-11-9-18(21-8-6-19(14-23(21)32)26(27,28)29)13-24(33)31-20-7-5-17-4-3-10-30-22(17)15-20/h3-8,10,13-16H,9,11-12H2,1-2H3,(H,31,33). The highest BCUT2D eigenvalue weighted by Gasteiger charge is 2.34. The van der Waals surface area contributed by atoms with Crippen molar-refractivity contribution in [2.75, 3.05) is 16.8 Å². The van der Waals surface area contributed by atoms with Crippen LogP contribution in [0.4, 0.5) is 24.5 Å². The van der Waals surface area contributed by atoms with Gasteiger partial charge in [-0.2, -0.15) is 13.2 Å². The number of halogens is 3. The van der Waals surface area contributed by atoms with E-state index in [1.54, 1.807) is 18.3 Å². The van der Waals surface area contributed by atoms with Crippen molar-refractivity contribution < 1.29 is 22.8 Å². The molecule has 5 nitrogen and oxygen atoms in total. The summed E-state index contributed by atoms with van der Waals surface area (Å²) in [5.74, 6) is -0.568. The quantitative estimate of drug-likeness (QED) is 0.475. The number of alkyl halides is 3. The molecule has 0 bridgehead atoms. The van der Waals surface area contributed by atoms with Crippen LogP contribution in [0.5, 0.6) is 0 Å². The molecular formula is C26H24F3N3O2. The summed E-state index contributed by atoms with van der Waals surface area (Å²) in [6, 6.07) is 12.4. The normalized spacial score (nSPS) is 15.0. The number of benzene rings is 2. The van der Waals surface area contributed by atoms with Crippen molar-refractivity contribution in [3.63, 3.8) is 0 Å². The van der Waals surface area contributed by atoms with Crippen molar-refractivity contribution in [3.8, 4) is 0 Å². The zero-order chi connectivity index (χ0) is 24.5. The Morgan fingerprint density at radius 2 is 1.94 bits per heavy atom. The summed E-state index contributed by atoms with van der Waals surface area (Å²) >= 11 is 0. The first-order valence-corrected chi connectivity index (χ1v) is 11.0. The largest absolute Gasteiger partial charge is 0.416 e. The number of amides is 2. The maximum Gasteiger partial charge on any atom is 0.416 e. The van der Waals surface area contributed by atoms with Crippen LogP contribution in [0.15, 0.2) is 60.8 Å². The minimum absolute atomic E-state index is 0.0703. The third-order valence-electron chi connectivity index (χ3n) is 5.63. The first-order chi connectivity index (χ1) is 16.1. The Labute approximate surface area is 195 Å². The molecule has 34 heavy (non-hydrogen) atoms. The summed E-state index contributed by atoms with van der Waals surface area (Å²) < 4.78 is 40.1. The van der Waals surface area contributed by atoms with E-state index in [-0.39, 0.29) is 30.5 Å². The van der Waals surface area contributed by atoms with Gasteiger partial charge in [0.05, 0.1) is 16.8 Å². The van der Waals surface area contributed by atoms with Gasteiger partial charge in [0, 0.05) is 41.9 Å². The van der Waals surface area contributed by atoms with Crippen molar-refractivity contribution in [1.29, 1.82) is 0 Å². The second-order valence-corrected chi connectivity index (χ2v) is 8.69. The molecule has 1 aliphatic heterocycles. The summed E-state index contributed by atoms with van der Waals surface area (Å²) in [6.45, 7) is 3.97. The Balaban J connectivity index is 1.65. The minimum Gasteiger partial charge on any atom is -0.322 e. The summed E-state index contributed by atoms with van der Waals surface area (Å²) in [5, 5.41) is 3.73. The molecule has 0 fully saturated rings. The molecule has 0 unspecified atom stereocenters. The number of pyridine rings is 1. The van der Waals surface area contributed by atoms with Crippen LogP contribution < -0.4 is 10.2 Å². The van der Waals surface area contributed by atoms with Crippen molar-refractivity contribution in [2.45, 2.75) is 32.9 Å². The number of carbonyl (C=O) groups is 2. The van der Waals surface area contributed by atoms with Crippen molar-refractivity contribution in [3.05, 3.63) is 71.9 Å². The number of nitrogens with one attached hydrogen (secondary N) is 1. The number of aromatic nitrogens is 1. The molecule has 2 aromatic carbocycles. The fraction of sp³-hybridized carbons (Fsp3) is 0.269. The Bertz CT molecular complexity index is 1280. The second kappa shape index (κ2) is 9.29. The molecule has 1 aromatic heterocycles. The lowest BCUT2D eigenvalue weighted by molar-refractivity contribution is -0.137. The van der Waals surface area contributed by atoms with Gasteiger partial charge in [0.1, 0.15) is 0 Å². The van der Waals surface area contributed by atoms with Crippen LogP contribution in [0.1, 0.15) is 37.8 Å². The number of hydrogen-bond acceptors (Lipinski definition) is 3. The van der Waals surface area contributed by atoms with Gasteiger partial charge in [0.25, 0.3) is 0 Å². The van der Waals surface area contributed by atoms with E-state index in [2.05, 4.69) is 10.3 Å². The summed E-state index contributed by atoms with van der Waals surface area (Å²) in [6.07, 6.45) is -0.903. The van der Waals surface area contributed by atoms with E-state index in [9.17, 15) is 22.8 Å². The number of hydrogen-bond donors (Lipinski definition) is 1. The average molecular weight is 467 g/mol. The van der Waals surface area contributed by atoms with E-state index in [4.69, 9.17) is 0 Å². The molecule has 0 atom stereocenters. The van der Waals surface area contributed by atoms with E-state index < -0.39 is 17.6 Å². The molecule has 3 aromatic rings. The van der Waals surface area contributed by atoms with E-state index in [1.165, 1.54) is 17.0 Å². The summed E-state index contributed by atoms with van der Waals surface area (Å²) in [7, 11) is 0. The van der Waals surface area contributed by atoms with E-state index >= 15 is 0 Å². The monoisotopic (exact) mass is 467 g/mol. The lowest BCUT2D eigenvalue weighted by Gasteiger charge is -2.32. The molecule has 0 saturated heterocycles. The zero-order valence-electron chi connectivity index (χ0n) is 18.8. The van der Waals surface area contributed by atoms with Gasteiger partial charge in [-0.25, -0.2) is 0 Å². The molecule has 0 aliphatic carbocycles. The Kier molecular flexibility index (Phi) is 6.41. The van der Waals surface area contributed by atoms with Gasteiger partial charge in [0.2, 0.25) is 11.8 Å². The predicted molar refractivity (Wildman–Crippen MR) is 126 cm³/mol. The van der Waals surface area contributed by atoms with Crippen molar-refractivity contribution in [2.24, 2.45) is 5.92 Å².